The molecule has 3 aromatic rings. The first-order valence-electron chi connectivity index (χ1n) is 6.36. The molecule has 3 rings (SSSR count). The predicted octanol–water partition coefficient (Wildman–Crippen LogP) is 4.92. The van der Waals surface area contributed by atoms with Crippen molar-refractivity contribution in [3.05, 3.63) is 52.1 Å². The van der Waals surface area contributed by atoms with E-state index in [9.17, 15) is 0 Å². The number of aryl methyl sites for hydroxylation is 1. The van der Waals surface area contributed by atoms with Gasteiger partial charge in [-0.3, -0.25) is 0 Å². The largest absolute Gasteiger partial charge is 0.497 e. The number of rotatable bonds is 2. The van der Waals surface area contributed by atoms with Crippen molar-refractivity contribution < 1.29 is 4.74 Å². The van der Waals surface area contributed by atoms with Gasteiger partial charge in [-0.05, 0) is 42.8 Å². The first-order chi connectivity index (χ1) is 10.1. The zero-order valence-corrected chi connectivity index (χ0v) is 13.0. The monoisotopic (exact) mass is 318 g/mol. The second-order valence-electron chi connectivity index (χ2n) is 4.70. The van der Waals surface area contributed by atoms with Gasteiger partial charge in [0, 0.05) is 10.9 Å². The Bertz CT molecular complexity index is 834. The SMILES string of the molecule is COc1ccc2nc(-c3ccc(C)cc3Cl)nc(Cl)c2c1. The molecule has 0 spiro atoms. The molecule has 0 aliphatic carbocycles. The summed E-state index contributed by atoms with van der Waals surface area (Å²) in [7, 11) is 1.61. The molecule has 0 bridgehead atoms. The van der Waals surface area contributed by atoms with Crippen LogP contribution in [0.25, 0.3) is 22.3 Å². The van der Waals surface area contributed by atoms with Crippen LogP contribution in [0.5, 0.6) is 5.75 Å². The highest BCUT2D eigenvalue weighted by Crippen LogP contribution is 2.31. The number of ether oxygens (including phenoxy) is 1. The first kappa shape index (κ1) is 14.1. The van der Waals surface area contributed by atoms with Crippen molar-refractivity contribution in [1.82, 2.24) is 9.97 Å². The summed E-state index contributed by atoms with van der Waals surface area (Å²) in [4.78, 5) is 8.89. The topological polar surface area (TPSA) is 35.0 Å². The van der Waals surface area contributed by atoms with Crippen LogP contribution < -0.4 is 4.74 Å². The minimum atomic E-state index is 0.380. The van der Waals surface area contributed by atoms with Crippen LogP contribution in [0.15, 0.2) is 36.4 Å². The summed E-state index contributed by atoms with van der Waals surface area (Å²) in [6, 6.07) is 11.3. The van der Waals surface area contributed by atoms with Crippen LogP contribution in [-0.4, -0.2) is 17.1 Å². The molecule has 5 heteroatoms. The van der Waals surface area contributed by atoms with Crippen molar-refractivity contribution in [2.24, 2.45) is 0 Å². The Kier molecular flexibility index (Phi) is 3.70. The highest BCUT2D eigenvalue weighted by molar-refractivity contribution is 6.35. The first-order valence-corrected chi connectivity index (χ1v) is 7.12. The van der Waals surface area contributed by atoms with Crippen LogP contribution in [0.3, 0.4) is 0 Å². The summed E-state index contributed by atoms with van der Waals surface area (Å²) in [6.45, 7) is 1.98. The number of fused-ring (bicyclic) bond motifs is 1. The highest BCUT2D eigenvalue weighted by Gasteiger charge is 2.11. The molecule has 3 nitrogen and oxygen atoms in total. The Morgan fingerprint density at radius 2 is 1.81 bits per heavy atom. The van der Waals surface area contributed by atoms with Gasteiger partial charge in [0.1, 0.15) is 10.9 Å². The van der Waals surface area contributed by atoms with E-state index in [0.29, 0.717) is 21.7 Å². The maximum Gasteiger partial charge on any atom is 0.162 e. The molecule has 1 heterocycles. The molecular formula is C16H12Cl2N2O. The Hall–Kier alpha value is -1.84. The second-order valence-corrected chi connectivity index (χ2v) is 5.47. The zero-order valence-electron chi connectivity index (χ0n) is 11.5. The van der Waals surface area contributed by atoms with Crippen LogP contribution in [0, 0.1) is 6.92 Å². The number of hydrogen-bond donors (Lipinski definition) is 0. The minimum absolute atomic E-state index is 0.380. The second kappa shape index (κ2) is 5.51. The van der Waals surface area contributed by atoms with E-state index in [2.05, 4.69) is 9.97 Å². The van der Waals surface area contributed by atoms with Crippen molar-refractivity contribution in [1.29, 1.82) is 0 Å². The van der Waals surface area contributed by atoms with E-state index in [1.54, 1.807) is 7.11 Å². The molecule has 0 aliphatic heterocycles. The molecule has 0 aliphatic rings. The lowest BCUT2D eigenvalue weighted by molar-refractivity contribution is 0.415. The van der Waals surface area contributed by atoms with Gasteiger partial charge in [0.2, 0.25) is 0 Å². The average Bonchev–Trinajstić information content (AvgIpc) is 2.47. The van der Waals surface area contributed by atoms with Gasteiger partial charge >= 0.3 is 0 Å². The van der Waals surface area contributed by atoms with Gasteiger partial charge in [-0.25, -0.2) is 9.97 Å². The zero-order chi connectivity index (χ0) is 15.0. The Balaban J connectivity index is 2.20. The van der Waals surface area contributed by atoms with Crippen LogP contribution in [0.4, 0.5) is 0 Å². The van der Waals surface area contributed by atoms with Crippen molar-refractivity contribution in [3.8, 4) is 17.1 Å². The molecule has 106 valence electrons. The van der Waals surface area contributed by atoms with E-state index in [0.717, 1.165) is 22.0 Å². The Labute approximate surface area is 132 Å². The number of halogens is 2. The molecule has 1 aromatic heterocycles. The maximum absolute atomic E-state index is 6.27. The summed E-state index contributed by atoms with van der Waals surface area (Å²) in [5, 5.41) is 1.74. The molecule has 21 heavy (non-hydrogen) atoms. The Morgan fingerprint density at radius 1 is 1.00 bits per heavy atom. The highest BCUT2D eigenvalue weighted by atomic mass is 35.5. The summed E-state index contributed by atoms with van der Waals surface area (Å²) in [5.74, 6) is 1.23. The fraction of sp³-hybridized carbons (Fsp3) is 0.125. The fourth-order valence-electron chi connectivity index (χ4n) is 2.12. The summed E-state index contributed by atoms with van der Waals surface area (Å²) >= 11 is 12.5. The normalized spacial score (nSPS) is 10.9. The molecule has 0 fully saturated rings. The summed E-state index contributed by atoms with van der Waals surface area (Å²) in [5.41, 5.74) is 2.60. The minimum Gasteiger partial charge on any atom is -0.497 e. The van der Waals surface area contributed by atoms with Crippen LogP contribution >= 0.6 is 23.2 Å². The van der Waals surface area contributed by atoms with Crippen LogP contribution in [0.1, 0.15) is 5.56 Å². The number of aromatic nitrogens is 2. The van der Waals surface area contributed by atoms with Gasteiger partial charge in [-0.2, -0.15) is 0 Å². The van der Waals surface area contributed by atoms with Gasteiger partial charge in [-0.1, -0.05) is 29.3 Å². The standard InChI is InChI=1S/C16H12Cl2N2O/c1-9-3-5-11(13(17)7-9)16-19-14-6-4-10(21-2)8-12(14)15(18)20-16/h3-8H,1-2H3. The third kappa shape index (κ3) is 2.67. The smallest absolute Gasteiger partial charge is 0.162 e. The van der Waals surface area contributed by atoms with Gasteiger partial charge in [0.15, 0.2) is 5.82 Å². The van der Waals surface area contributed by atoms with Gasteiger partial charge in [0.05, 0.1) is 17.6 Å². The van der Waals surface area contributed by atoms with E-state index in [1.807, 2.05) is 43.3 Å². The van der Waals surface area contributed by atoms with Gasteiger partial charge < -0.3 is 4.74 Å². The lowest BCUT2D eigenvalue weighted by Crippen LogP contribution is -1.93. The average molecular weight is 319 g/mol. The van der Waals surface area contributed by atoms with Crippen molar-refractivity contribution in [2.45, 2.75) is 6.92 Å². The quantitative estimate of drug-likeness (QED) is 0.629. The molecule has 0 saturated carbocycles. The van der Waals surface area contributed by atoms with E-state index in [1.165, 1.54) is 0 Å². The molecule has 0 saturated heterocycles. The molecule has 0 radical (unpaired) electrons. The third-order valence-corrected chi connectivity index (χ3v) is 3.82. The van der Waals surface area contributed by atoms with Crippen LogP contribution in [0.2, 0.25) is 10.2 Å². The molecular weight excluding hydrogens is 307 g/mol. The predicted molar refractivity (Wildman–Crippen MR) is 86.3 cm³/mol. The van der Waals surface area contributed by atoms with Gasteiger partial charge in [0.25, 0.3) is 0 Å². The van der Waals surface area contributed by atoms with Crippen molar-refractivity contribution in [2.75, 3.05) is 7.11 Å². The number of benzene rings is 2. The lowest BCUT2D eigenvalue weighted by atomic mass is 10.1. The maximum atomic E-state index is 6.27. The number of methoxy groups -OCH3 is 1. The third-order valence-electron chi connectivity index (χ3n) is 3.22. The lowest BCUT2D eigenvalue weighted by Gasteiger charge is -2.08. The van der Waals surface area contributed by atoms with E-state index in [-0.39, 0.29) is 0 Å². The summed E-state index contributed by atoms with van der Waals surface area (Å²) < 4.78 is 5.19. The summed E-state index contributed by atoms with van der Waals surface area (Å²) in [6.07, 6.45) is 0. The van der Waals surface area contributed by atoms with Crippen LogP contribution in [-0.2, 0) is 0 Å². The molecule has 0 amide bonds. The number of hydrogen-bond acceptors (Lipinski definition) is 3. The van der Waals surface area contributed by atoms with Crippen molar-refractivity contribution >= 4 is 34.1 Å². The molecule has 0 N–H and O–H groups in total. The number of nitrogens with zero attached hydrogens (tertiary/aromatic N) is 2. The Morgan fingerprint density at radius 3 is 2.52 bits per heavy atom. The molecule has 0 unspecified atom stereocenters. The van der Waals surface area contributed by atoms with E-state index >= 15 is 0 Å². The van der Waals surface area contributed by atoms with Gasteiger partial charge in [-0.15, -0.1) is 0 Å². The molecule has 0 atom stereocenters. The van der Waals surface area contributed by atoms with E-state index in [4.69, 9.17) is 27.9 Å². The van der Waals surface area contributed by atoms with E-state index < -0.39 is 0 Å². The molecule has 2 aromatic carbocycles. The fourth-order valence-corrected chi connectivity index (χ4v) is 2.67. The van der Waals surface area contributed by atoms with Crippen molar-refractivity contribution in [3.63, 3.8) is 0 Å².